The van der Waals surface area contributed by atoms with Crippen molar-refractivity contribution in [3.63, 3.8) is 0 Å². The van der Waals surface area contributed by atoms with Crippen LogP contribution in [0.15, 0.2) is 237 Å². The molecule has 0 saturated carbocycles. The summed E-state index contributed by atoms with van der Waals surface area (Å²) in [5.41, 5.74) is 17.6. The second-order valence-electron chi connectivity index (χ2n) is 16.0. The molecule has 11 aromatic rings. The van der Waals surface area contributed by atoms with Crippen LogP contribution in [0.1, 0.15) is 5.56 Å². The first-order valence-electron chi connectivity index (χ1n) is 21.4. The number of anilines is 3. The number of para-hydroxylation sites is 3. The molecule has 0 N–H and O–H groups in total. The number of aromatic nitrogens is 3. The highest BCUT2D eigenvalue weighted by atomic mass is 15.1. The summed E-state index contributed by atoms with van der Waals surface area (Å²) < 4.78 is 2.38. The van der Waals surface area contributed by atoms with E-state index in [1.807, 2.05) is 18.2 Å². The minimum absolute atomic E-state index is 0.720. The molecule has 0 unspecified atom stereocenters. The summed E-state index contributed by atoms with van der Waals surface area (Å²) in [7, 11) is 0. The third-order valence-electron chi connectivity index (χ3n) is 11.9. The summed E-state index contributed by atoms with van der Waals surface area (Å²) in [4.78, 5) is 12.3. The van der Waals surface area contributed by atoms with E-state index < -0.39 is 0 Å². The van der Waals surface area contributed by atoms with Crippen LogP contribution in [-0.4, -0.2) is 14.5 Å². The molecule has 0 aliphatic rings. The van der Waals surface area contributed by atoms with Gasteiger partial charge >= 0.3 is 0 Å². The smallest absolute Gasteiger partial charge is 0.160 e. The molecule has 0 aliphatic heterocycles. The Kier molecular flexibility index (Phi) is 9.72. The van der Waals surface area contributed by atoms with Crippen LogP contribution in [-0.2, 0) is 0 Å². The third kappa shape index (κ3) is 7.34. The van der Waals surface area contributed by atoms with E-state index in [4.69, 9.17) is 9.97 Å². The van der Waals surface area contributed by atoms with E-state index in [1.54, 1.807) is 0 Å². The fourth-order valence-corrected chi connectivity index (χ4v) is 8.65. The van der Waals surface area contributed by atoms with Gasteiger partial charge in [-0.2, -0.15) is 0 Å². The number of hydrogen-bond donors (Lipinski definition) is 0. The highest BCUT2D eigenvalue weighted by molar-refractivity contribution is 6.10. The number of fused-ring (bicyclic) bond motifs is 3. The fraction of sp³-hybridized carbons (Fsp3) is 0.0169. The van der Waals surface area contributed by atoms with Gasteiger partial charge in [0.05, 0.1) is 22.4 Å². The Balaban J connectivity index is 0.871. The number of rotatable bonds is 9. The van der Waals surface area contributed by atoms with Gasteiger partial charge in [0.2, 0.25) is 0 Å². The predicted octanol–water partition coefficient (Wildman–Crippen LogP) is 15.7. The Labute approximate surface area is 367 Å². The van der Waals surface area contributed by atoms with Gasteiger partial charge in [-0.3, -0.25) is 0 Å². The SMILES string of the molecule is Cc1ccc(-c2nc(-c3ccccc3)cc(-c3ccc(-c4ccc(-c5ccc(-n6c7ccccc7c7cc(N(c8ccccc8)c8ccccc8)ccc76)cc5)cc4)cc3)n2)cc1. The minimum Gasteiger partial charge on any atom is -0.310 e. The molecular weight excluding hydrogens is 765 g/mol. The van der Waals surface area contributed by atoms with Gasteiger partial charge in [0.15, 0.2) is 5.82 Å². The number of nitrogens with zero attached hydrogens (tertiary/aromatic N) is 4. The largest absolute Gasteiger partial charge is 0.310 e. The van der Waals surface area contributed by atoms with Crippen molar-refractivity contribution in [2.24, 2.45) is 0 Å². The van der Waals surface area contributed by atoms with Crippen LogP contribution in [0.2, 0.25) is 0 Å². The van der Waals surface area contributed by atoms with Crippen molar-refractivity contribution < 1.29 is 0 Å². The predicted molar refractivity (Wildman–Crippen MR) is 263 cm³/mol. The molecule has 2 heterocycles. The van der Waals surface area contributed by atoms with Gasteiger partial charge < -0.3 is 9.47 Å². The van der Waals surface area contributed by atoms with Crippen molar-refractivity contribution in [1.29, 1.82) is 0 Å². The lowest BCUT2D eigenvalue weighted by atomic mass is 9.98. The Morgan fingerprint density at radius 1 is 0.333 bits per heavy atom. The molecule has 11 rings (SSSR count). The van der Waals surface area contributed by atoms with Crippen molar-refractivity contribution in [2.45, 2.75) is 6.92 Å². The first-order chi connectivity index (χ1) is 31.1. The van der Waals surface area contributed by atoms with Gasteiger partial charge in [-0.15, -0.1) is 0 Å². The van der Waals surface area contributed by atoms with Crippen LogP contribution < -0.4 is 4.90 Å². The van der Waals surface area contributed by atoms with E-state index in [2.05, 4.69) is 235 Å². The quantitative estimate of drug-likeness (QED) is 0.146. The average molecular weight is 807 g/mol. The Morgan fingerprint density at radius 2 is 0.778 bits per heavy atom. The van der Waals surface area contributed by atoms with E-state index in [9.17, 15) is 0 Å². The van der Waals surface area contributed by atoms with Gasteiger partial charge in [-0.05, 0) is 95.9 Å². The molecule has 4 nitrogen and oxygen atoms in total. The number of benzene rings is 9. The fourth-order valence-electron chi connectivity index (χ4n) is 8.65. The number of hydrogen-bond acceptors (Lipinski definition) is 3. The topological polar surface area (TPSA) is 34.0 Å². The van der Waals surface area contributed by atoms with E-state index in [-0.39, 0.29) is 0 Å². The molecule has 2 aromatic heterocycles. The standard InChI is InChI=1S/C59H42N4/c1-41-21-23-48(24-22-41)59-60-55(46-13-5-2-6-14-46)40-56(61-59)47-31-29-44(30-32-47)42-25-27-43(28-26-42)45-33-35-51(36-34-45)63-57-20-12-11-19-53(57)54-39-52(37-38-58(54)63)62(49-15-7-3-8-16-49)50-17-9-4-10-18-50/h2-40H,1H3. The molecule has 9 aromatic carbocycles. The highest BCUT2D eigenvalue weighted by Gasteiger charge is 2.18. The lowest BCUT2D eigenvalue weighted by Crippen LogP contribution is -2.09. The number of aryl methyl sites for hydroxylation is 1. The maximum absolute atomic E-state index is 5.04. The van der Waals surface area contributed by atoms with Crippen LogP contribution in [0.5, 0.6) is 0 Å². The summed E-state index contributed by atoms with van der Waals surface area (Å²) in [6.07, 6.45) is 0. The van der Waals surface area contributed by atoms with E-state index in [1.165, 1.54) is 38.5 Å². The van der Waals surface area contributed by atoms with E-state index in [0.717, 1.165) is 67.8 Å². The lowest BCUT2D eigenvalue weighted by molar-refractivity contribution is 1.18. The molecule has 0 spiro atoms. The van der Waals surface area contributed by atoms with Gasteiger partial charge in [-0.1, -0.05) is 175 Å². The van der Waals surface area contributed by atoms with Crippen LogP contribution in [0.4, 0.5) is 17.1 Å². The minimum atomic E-state index is 0.720. The molecule has 63 heavy (non-hydrogen) atoms. The molecule has 0 amide bonds. The lowest BCUT2D eigenvalue weighted by Gasteiger charge is -2.25. The molecule has 0 saturated heterocycles. The van der Waals surface area contributed by atoms with Gasteiger partial charge in [0, 0.05) is 50.2 Å². The highest BCUT2D eigenvalue weighted by Crippen LogP contribution is 2.40. The van der Waals surface area contributed by atoms with Crippen LogP contribution in [0, 0.1) is 6.92 Å². The second-order valence-corrected chi connectivity index (χ2v) is 16.0. The second kappa shape index (κ2) is 16.3. The molecule has 0 aliphatic carbocycles. The first kappa shape index (κ1) is 37.6. The molecule has 0 atom stereocenters. The summed E-state index contributed by atoms with van der Waals surface area (Å²) in [6, 6.07) is 84.0. The van der Waals surface area contributed by atoms with E-state index >= 15 is 0 Å². The zero-order valence-electron chi connectivity index (χ0n) is 34.8. The van der Waals surface area contributed by atoms with Crippen LogP contribution >= 0.6 is 0 Å². The molecule has 0 radical (unpaired) electrons. The maximum Gasteiger partial charge on any atom is 0.160 e. The zero-order chi connectivity index (χ0) is 42.1. The van der Waals surface area contributed by atoms with Gasteiger partial charge in [-0.25, -0.2) is 9.97 Å². The van der Waals surface area contributed by atoms with Gasteiger partial charge in [0.25, 0.3) is 0 Å². The van der Waals surface area contributed by atoms with E-state index in [0.29, 0.717) is 0 Å². The molecule has 0 bridgehead atoms. The third-order valence-corrected chi connectivity index (χ3v) is 11.9. The van der Waals surface area contributed by atoms with Crippen molar-refractivity contribution in [3.8, 4) is 61.8 Å². The average Bonchev–Trinajstić information content (AvgIpc) is 3.69. The Bertz CT molecular complexity index is 3300. The molecule has 4 heteroatoms. The summed E-state index contributed by atoms with van der Waals surface area (Å²) in [6.45, 7) is 2.10. The Morgan fingerprint density at radius 3 is 1.35 bits per heavy atom. The molecule has 0 fully saturated rings. The molecule has 298 valence electrons. The summed E-state index contributed by atoms with van der Waals surface area (Å²) >= 11 is 0. The van der Waals surface area contributed by atoms with Crippen molar-refractivity contribution in [1.82, 2.24) is 14.5 Å². The first-order valence-corrected chi connectivity index (χ1v) is 21.4. The molecular formula is C59H42N4. The van der Waals surface area contributed by atoms with Crippen LogP contribution in [0.25, 0.3) is 83.6 Å². The van der Waals surface area contributed by atoms with Gasteiger partial charge in [0.1, 0.15) is 0 Å². The normalized spacial score (nSPS) is 11.3. The van der Waals surface area contributed by atoms with Crippen molar-refractivity contribution in [2.75, 3.05) is 4.90 Å². The maximum atomic E-state index is 5.04. The summed E-state index contributed by atoms with van der Waals surface area (Å²) in [5, 5.41) is 2.44. The zero-order valence-corrected chi connectivity index (χ0v) is 34.8. The monoisotopic (exact) mass is 806 g/mol. The van der Waals surface area contributed by atoms with Crippen molar-refractivity contribution in [3.05, 3.63) is 242 Å². The van der Waals surface area contributed by atoms with Crippen molar-refractivity contribution >= 4 is 38.9 Å². The Hall–Kier alpha value is -8.34. The summed E-state index contributed by atoms with van der Waals surface area (Å²) in [5.74, 6) is 0.720. The van der Waals surface area contributed by atoms with Crippen LogP contribution in [0.3, 0.4) is 0 Å².